The number of carbonyl (C=O) groups is 1. The number of nitrogens with one attached hydrogen (secondary N) is 1. The minimum Gasteiger partial charge on any atom is -0.491 e. The molecule has 7 heteroatoms. The molecule has 0 spiro atoms. The Hall–Kier alpha value is -3.32. The van der Waals surface area contributed by atoms with Crippen molar-refractivity contribution in [3.8, 4) is 11.5 Å². The molecule has 0 aliphatic heterocycles. The summed E-state index contributed by atoms with van der Waals surface area (Å²) >= 11 is 0. The van der Waals surface area contributed by atoms with Gasteiger partial charge in [0.25, 0.3) is 5.91 Å². The number of nitrogens with zero attached hydrogens (tertiary/aromatic N) is 1. The maximum absolute atomic E-state index is 12.3. The normalized spacial score (nSPS) is 11.7. The Morgan fingerprint density at radius 3 is 2.50 bits per heavy atom. The van der Waals surface area contributed by atoms with E-state index in [0.717, 1.165) is 28.3 Å². The highest BCUT2D eigenvalue weighted by atomic mass is 16.5. The average molecular weight is 410 g/mol. The van der Waals surface area contributed by atoms with Crippen molar-refractivity contribution in [1.29, 1.82) is 0 Å². The largest absolute Gasteiger partial charge is 0.491 e. The molecule has 2 aromatic carbocycles. The van der Waals surface area contributed by atoms with Crippen LogP contribution in [0.15, 0.2) is 53.1 Å². The third kappa shape index (κ3) is 5.61. The zero-order valence-corrected chi connectivity index (χ0v) is 17.3. The topological polar surface area (TPSA) is 93.8 Å². The van der Waals surface area contributed by atoms with E-state index in [0.29, 0.717) is 17.9 Å². The van der Waals surface area contributed by atoms with Crippen LogP contribution in [0.3, 0.4) is 0 Å². The fourth-order valence-corrected chi connectivity index (χ4v) is 2.84. The molecule has 1 unspecified atom stereocenters. The van der Waals surface area contributed by atoms with E-state index >= 15 is 0 Å². The quantitative estimate of drug-likeness (QED) is 0.562. The third-order valence-electron chi connectivity index (χ3n) is 4.70. The Labute approximate surface area is 175 Å². The van der Waals surface area contributed by atoms with Gasteiger partial charge in [0.2, 0.25) is 0 Å². The van der Waals surface area contributed by atoms with Gasteiger partial charge in [-0.15, -0.1) is 0 Å². The van der Waals surface area contributed by atoms with Crippen molar-refractivity contribution in [3.05, 3.63) is 76.7 Å². The second-order valence-electron chi connectivity index (χ2n) is 7.06. The van der Waals surface area contributed by atoms with E-state index in [-0.39, 0.29) is 19.1 Å². The summed E-state index contributed by atoms with van der Waals surface area (Å²) in [6.45, 7) is 6.18. The van der Waals surface area contributed by atoms with E-state index in [4.69, 9.17) is 14.0 Å². The number of ether oxygens (including phenoxy) is 2. The van der Waals surface area contributed by atoms with Crippen molar-refractivity contribution in [2.45, 2.75) is 33.5 Å². The lowest BCUT2D eigenvalue weighted by molar-refractivity contribution is 0.0842. The van der Waals surface area contributed by atoms with Gasteiger partial charge in [0, 0.05) is 12.1 Å². The first-order valence-corrected chi connectivity index (χ1v) is 9.73. The monoisotopic (exact) mass is 410 g/mol. The molecular formula is C23H26N2O5. The van der Waals surface area contributed by atoms with Gasteiger partial charge in [-0.2, -0.15) is 0 Å². The lowest BCUT2D eigenvalue weighted by atomic mass is 10.2. The Morgan fingerprint density at radius 1 is 1.10 bits per heavy atom. The highest BCUT2D eigenvalue weighted by Crippen LogP contribution is 2.18. The van der Waals surface area contributed by atoms with Gasteiger partial charge in [-0.3, -0.25) is 4.79 Å². The van der Waals surface area contributed by atoms with Gasteiger partial charge in [-0.25, -0.2) is 0 Å². The Balaban J connectivity index is 1.44. The number of benzene rings is 2. The summed E-state index contributed by atoms with van der Waals surface area (Å²) in [5, 5.41) is 16.7. The zero-order valence-electron chi connectivity index (χ0n) is 17.3. The van der Waals surface area contributed by atoms with E-state index in [2.05, 4.69) is 10.5 Å². The summed E-state index contributed by atoms with van der Waals surface area (Å²) in [4.78, 5) is 12.3. The number of hydrogen-bond donors (Lipinski definition) is 2. The van der Waals surface area contributed by atoms with Gasteiger partial charge < -0.3 is 24.4 Å². The summed E-state index contributed by atoms with van der Waals surface area (Å²) in [5.41, 5.74) is 3.18. The number of carbonyl (C=O) groups excluding carboxylic acids is 1. The molecule has 1 amide bonds. The Kier molecular flexibility index (Phi) is 7.08. The predicted octanol–water partition coefficient (Wildman–Crippen LogP) is 3.35. The Morgan fingerprint density at radius 2 is 1.83 bits per heavy atom. The highest BCUT2D eigenvalue weighted by Gasteiger charge is 2.12. The van der Waals surface area contributed by atoms with Crippen LogP contribution in [0.25, 0.3) is 0 Å². The van der Waals surface area contributed by atoms with E-state index < -0.39 is 6.10 Å². The number of rotatable bonds is 9. The third-order valence-corrected chi connectivity index (χ3v) is 4.70. The predicted molar refractivity (Wildman–Crippen MR) is 112 cm³/mol. The van der Waals surface area contributed by atoms with Gasteiger partial charge in [-0.05, 0) is 56.7 Å². The molecule has 0 aliphatic carbocycles. The standard InChI is InChI=1S/C23H26N2O5/c1-15-6-4-5-7-22(15)29-13-19(26)12-24-23(27)18-8-10-20(11-9-18)28-14-21-16(2)25-30-17(21)3/h4-11,19,26H,12-14H2,1-3H3,(H,24,27). The average Bonchev–Trinajstić information content (AvgIpc) is 3.07. The van der Waals surface area contributed by atoms with Gasteiger partial charge in [-0.1, -0.05) is 23.4 Å². The van der Waals surface area contributed by atoms with Gasteiger partial charge >= 0.3 is 0 Å². The molecule has 30 heavy (non-hydrogen) atoms. The molecule has 1 heterocycles. The molecule has 0 bridgehead atoms. The van der Waals surface area contributed by atoms with E-state index in [1.54, 1.807) is 24.3 Å². The van der Waals surface area contributed by atoms with Crippen molar-refractivity contribution in [3.63, 3.8) is 0 Å². The molecule has 3 rings (SSSR count). The highest BCUT2D eigenvalue weighted by molar-refractivity contribution is 5.94. The van der Waals surface area contributed by atoms with Crippen molar-refractivity contribution in [1.82, 2.24) is 10.5 Å². The van der Waals surface area contributed by atoms with E-state index in [9.17, 15) is 9.90 Å². The molecule has 7 nitrogen and oxygen atoms in total. The van der Waals surface area contributed by atoms with Crippen molar-refractivity contribution >= 4 is 5.91 Å². The first kappa shape index (κ1) is 21.4. The number of hydrogen-bond acceptors (Lipinski definition) is 6. The molecule has 0 fully saturated rings. The number of aryl methyl sites for hydroxylation is 3. The zero-order chi connectivity index (χ0) is 21.5. The number of amides is 1. The SMILES string of the molecule is Cc1ccccc1OCC(O)CNC(=O)c1ccc(OCc2c(C)noc2C)cc1. The van der Waals surface area contributed by atoms with Gasteiger partial charge in [0.05, 0.1) is 11.3 Å². The first-order valence-electron chi connectivity index (χ1n) is 9.73. The van der Waals surface area contributed by atoms with Crippen LogP contribution in [0.1, 0.15) is 32.9 Å². The lowest BCUT2D eigenvalue weighted by Gasteiger charge is -2.14. The number of para-hydroxylation sites is 1. The molecule has 0 saturated heterocycles. The minimum atomic E-state index is -0.814. The van der Waals surface area contributed by atoms with Crippen molar-refractivity contribution < 1.29 is 23.9 Å². The van der Waals surface area contributed by atoms with Crippen LogP contribution in [0.2, 0.25) is 0 Å². The molecule has 1 aromatic heterocycles. The molecular weight excluding hydrogens is 384 g/mol. The smallest absolute Gasteiger partial charge is 0.251 e. The van der Waals surface area contributed by atoms with Crippen LogP contribution >= 0.6 is 0 Å². The number of aliphatic hydroxyl groups excluding tert-OH is 1. The van der Waals surface area contributed by atoms with Crippen LogP contribution in [0.4, 0.5) is 0 Å². The lowest BCUT2D eigenvalue weighted by Crippen LogP contribution is -2.35. The molecule has 158 valence electrons. The Bertz CT molecular complexity index is 962. The first-order chi connectivity index (χ1) is 14.4. The summed E-state index contributed by atoms with van der Waals surface area (Å²) in [6, 6.07) is 14.4. The summed E-state index contributed by atoms with van der Waals surface area (Å²) in [5.74, 6) is 1.81. The summed E-state index contributed by atoms with van der Waals surface area (Å²) in [6.07, 6.45) is -0.814. The number of aromatic nitrogens is 1. The van der Waals surface area contributed by atoms with Crippen LogP contribution in [-0.2, 0) is 6.61 Å². The summed E-state index contributed by atoms with van der Waals surface area (Å²) in [7, 11) is 0. The van der Waals surface area contributed by atoms with Crippen molar-refractivity contribution in [2.24, 2.45) is 0 Å². The molecule has 0 aliphatic rings. The van der Waals surface area contributed by atoms with Gasteiger partial charge in [0.15, 0.2) is 0 Å². The maximum atomic E-state index is 12.3. The maximum Gasteiger partial charge on any atom is 0.251 e. The summed E-state index contributed by atoms with van der Waals surface area (Å²) < 4.78 is 16.5. The second-order valence-corrected chi connectivity index (χ2v) is 7.06. The minimum absolute atomic E-state index is 0.0923. The molecule has 0 saturated carbocycles. The second kappa shape index (κ2) is 9.93. The van der Waals surface area contributed by atoms with Crippen LogP contribution in [0, 0.1) is 20.8 Å². The molecule has 3 aromatic rings. The van der Waals surface area contributed by atoms with Gasteiger partial charge in [0.1, 0.15) is 36.6 Å². The fraction of sp³-hybridized carbons (Fsp3) is 0.304. The van der Waals surface area contributed by atoms with E-state index in [1.165, 1.54) is 0 Å². The number of aliphatic hydroxyl groups is 1. The van der Waals surface area contributed by atoms with Crippen LogP contribution in [-0.4, -0.2) is 35.4 Å². The van der Waals surface area contributed by atoms with E-state index in [1.807, 2.05) is 45.0 Å². The molecule has 0 radical (unpaired) electrons. The fourth-order valence-electron chi connectivity index (χ4n) is 2.84. The molecule has 1 atom stereocenters. The molecule has 2 N–H and O–H groups in total. The van der Waals surface area contributed by atoms with Crippen molar-refractivity contribution in [2.75, 3.05) is 13.2 Å². The van der Waals surface area contributed by atoms with Crippen LogP contribution in [0.5, 0.6) is 11.5 Å². The van der Waals surface area contributed by atoms with Crippen LogP contribution < -0.4 is 14.8 Å².